The lowest BCUT2D eigenvalue weighted by Gasteiger charge is -2.31. The van der Waals surface area contributed by atoms with Crippen molar-refractivity contribution in [3.8, 4) is 5.75 Å². The third-order valence-electron chi connectivity index (χ3n) is 6.80. The molecule has 4 aromatic rings. The minimum Gasteiger partial charge on any atom is -0.494 e. The van der Waals surface area contributed by atoms with E-state index in [0.29, 0.717) is 35.1 Å². The van der Waals surface area contributed by atoms with Crippen LogP contribution in [0.25, 0.3) is 0 Å². The van der Waals surface area contributed by atoms with Gasteiger partial charge < -0.3 is 19.8 Å². The summed E-state index contributed by atoms with van der Waals surface area (Å²) in [5, 5.41) is 5.65. The third-order valence-corrected chi connectivity index (χ3v) is 6.80. The van der Waals surface area contributed by atoms with Crippen molar-refractivity contribution in [2.75, 3.05) is 16.8 Å². The minimum atomic E-state index is -1.02. The zero-order valence-electron chi connectivity index (χ0n) is 24.9. The second kappa shape index (κ2) is 14.7. The molecule has 3 amide bonds. The molecular formula is C35H37N3O5. The van der Waals surface area contributed by atoms with Crippen LogP contribution in [0.5, 0.6) is 5.75 Å². The highest BCUT2D eigenvalue weighted by molar-refractivity contribution is 6.10. The lowest BCUT2D eigenvalue weighted by molar-refractivity contribution is -0.125. The van der Waals surface area contributed by atoms with Crippen LogP contribution >= 0.6 is 0 Å². The first-order chi connectivity index (χ1) is 20.7. The molecule has 0 radical (unpaired) electrons. The number of benzene rings is 3. The average Bonchev–Trinajstić information content (AvgIpc) is 3.53. The standard InChI is InChI=1S/C35H37N3O5/c1-5-42-30-18-14-28(15-19-30)37-32(39)20-21-33(40)38(29-16-12-26(13-17-29)24(2)3)34(27-10-8-25(4)9-11-27)35(41)36-23-31-7-6-22-43-31/h6-22,24,34H,5,23H2,1-4H3,(H,36,41)(H,37,39)/b21-20-/t34-/m1/s1. The van der Waals surface area contributed by atoms with E-state index >= 15 is 0 Å². The summed E-state index contributed by atoms with van der Waals surface area (Å²) in [7, 11) is 0. The highest BCUT2D eigenvalue weighted by Crippen LogP contribution is 2.30. The molecule has 0 saturated carbocycles. The number of nitrogens with one attached hydrogen (secondary N) is 2. The molecule has 0 aliphatic carbocycles. The van der Waals surface area contributed by atoms with E-state index < -0.39 is 23.8 Å². The molecule has 8 heteroatoms. The molecule has 43 heavy (non-hydrogen) atoms. The molecule has 0 fully saturated rings. The predicted octanol–water partition coefficient (Wildman–Crippen LogP) is 6.70. The van der Waals surface area contributed by atoms with Gasteiger partial charge in [0.1, 0.15) is 17.6 Å². The van der Waals surface area contributed by atoms with Crippen LogP contribution in [-0.4, -0.2) is 24.3 Å². The Hall–Kier alpha value is -5.11. The lowest BCUT2D eigenvalue weighted by atomic mass is 9.99. The Morgan fingerprint density at radius 3 is 2.16 bits per heavy atom. The van der Waals surface area contributed by atoms with Gasteiger partial charge in [-0.3, -0.25) is 19.3 Å². The number of hydrogen-bond acceptors (Lipinski definition) is 5. The Labute approximate surface area is 252 Å². The van der Waals surface area contributed by atoms with Crippen LogP contribution in [0.2, 0.25) is 0 Å². The number of furan rings is 1. The molecule has 4 rings (SSSR count). The molecule has 8 nitrogen and oxygen atoms in total. The van der Waals surface area contributed by atoms with Gasteiger partial charge in [0.15, 0.2) is 0 Å². The Balaban J connectivity index is 1.65. The van der Waals surface area contributed by atoms with Crippen molar-refractivity contribution in [3.05, 3.63) is 126 Å². The van der Waals surface area contributed by atoms with Gasteiger partial charge in [-0.2, -0.15) is 0 Å². The van der Waals surface area contributed by atoms with Crippen LogP contribution in [0.3, 0.4) is 0 Å². The van der Waals surface area contributed by atoms with E-state index in [1.54, 1.807) is 36.4 Å². The van der Waals surface area contributed by atoms with E-state index in [9.17, 15) is 14.4 Å². The fourth-order valence-corrected chi connectivity index (χ4v) is 4.49. The summed E-state index contributed by atoms with van der Waals surface area (Å²) in [6.07, 6.45) is 3.89. The maximum Gasteiger partial charge on any atom is 0.252 e. The molecule has 0 aliphatic heterocycles. The van der Waals surface area contributed by atoms with Gasteiger partial charge in [-0.1, -0.05) is 55.8 Å². The van der Waals surface area contributed by atoms with Crippen LogP contribution in [0.15, 0.2) is 108 Å². The van der Waals surface area contributed by atoms with Crippen LogP contribution in [0.1, 0.15) is 55.2 Å². The molecule has 2 N–H and O–H groups in total. The SMILES string of the molecule is CCOc1ccc(NC(=O)/C=C\C(=O)N(c2ccc(C(C)C)cc2)[C@@H](C(=O)NCc2ccco2)c2ccc(C)cc2)cc1. The number of rotatable bonds is 12. The van der Waals surface area contributed by atoms with Gasteiger partial charge in [-0.25, -0.2) is 0 Å². The maximum absolute atomic E-state index is 13.9. The molecular weight excluding hydrogens is 542 g/mol. The topological polar surface area (TPSA) is 101 Å². The number of ether oxygens (including phenoxy) is 1. The van der Waals surface area contributed by atoms with Crippen molar-refractivity contribution in [1.82, 2.24) is 5.32 Å². The Morgan fingerprint density at radius 1 is 0.884 bits per heavy atom. The van der Waals surface area contributed by atoms with Gasteiger partial charge >= 0.3 is 0 Å². The first-order valence-electron chi connectivity index (χ1n) is 14.3. The number of anilines is 2. The van der Waals surface area contributed by atoms with Crippen LogP contribution in [0.4, 0.5) is 11.4 Å². The minimum absolute atomic E-state index is 0.156. The molecule has 1 aromatic heterocycles. The van der Waals surface area contributed by atoms with Gasteiger partial charge in [-0.05, 0) is 79.4 Å². The average molecular weight is 580 g/mol. The van der Waals surface area contributed by atoms with E-state index in [1.165, 1.54) is 23.3 Å². The Kier molecular flexibility index (Phi) is 10.5. The zero-order valence-corrected chi connectivity index (χ0v) is 24.9. The van der Waals surface area contributed by atoms with Crippen molar-refractivity contribution >= 4 is 29.1 Å². The van der Waals surface area contributed by atoms with Crippen molar-refractivity contribution in [1.29, 1.82) is 0 Å². The third kappa shape index (κ3) is 8.45. The van der Waals surface area contributed by atoms with Crippen LogP contribution in [0, 0.1) is 6.92 Å². The predicted molar refractivity (Wildman–Crippen MR) is 168 cm³/mol. The van der Waals surface area contributed by atoms with Crippen LogP contribution < -0.4 is 20.3 Å². The number of carbonyl (C=O) groups excluding carboxylic acids is 3. The van der Waals surface area contributed by atoms with Gasteiger partial charge in [0.05, 0.1) is 19.4 Å². The van der Waals surface area contributed by atoms with E-state index in [2.05, 4.69) is 24.5 Å². The highest BCUT2D eigenvalue weighted by atomic mass is 16.5. The summed E-state index contributed by atoms with van der Waals surface area (Å²) in [6.45, 7) is 8.71. The zero-order chi connectivity index (χ0) is 30.8. The van der Waals surface area contributed by atoms with E-state index in [-0.39, 0.29) is 12.5 Å². The molecule has 0 bridgehead atoms. The Morgan fingerprint density at radius 2 is 1.56 bits per heavy atom. The molecule has 0 saturated heterocycles. The first kappa shape index (κ1) is 30.8. The van der Waals surface area contributed by atoms with E-state index in [0.717, 1.165) is 11.1 Å². The van der Waals surface area contributed by atoms with Gasteiger partial charge in [0, 0.05) is 23.5 Å². The summed E-state index contributed by atoms with van der Waals surface area (Å²) < 4.78 is 10.8. The number of hydrogen-bond donors (Lipinski definition) is 2. The Bertz CT molecular complexity index is 1520. The quantitative estimate of drug-likeness (QED) is 0.182. The molecule has 0 spiro atoms. The summed E-state index contributed by atoms with van der Waals surface area (Å²) in [5.41, 5.74) is 3.81. The normalized spacial score (nSPS) is 11.7. The largest absolute Gasteiger partial charge is 0.494 e. The smallest absolute Gasteiger partial charge is 0.252 e. The van der Waals surface area contributed by atoms with Gasteiger partial charge in [0.25, 0.3) is 5.91 Å². The van der Waals surface area contributed by atoms with Gasteiger partial charge in [-0.15, -0.1) is 0 Å². The fourth-order valence-electron chi connectivity index (χ4n) is 4.49. The first-order valence-corrected chi connectivity index (χ1v) is 14.3. The molecule has 1 heterocycles. The fraction of sp³-hybridized carbons (Fsp3) is 0.229. The summed E-state index contributed by atoms with van der Waals surface area (Å²) in [4.78, 5) is 41.9. The summed E-state index contributed by atoms with van der Waals surface area (Å²) >= 11 is 0. The highest BCUT2D eigenvalue weighted by Gasteiger charge is 2.32. The number of amides is 3. The number of nitrogens with zero attached hydrogens (tertiary/aromatic N) is 1. The number of aryl methyl sites for hydroxylation is 1. The summed E-state index contributed by atoms with van der Waals surface area (Å²) in [5.74, 6) is 0.154. The van der Waals surface area contributed by atoms with Crippen molar-refractivity contribution in [3.63, 3.8) is 0 Å². The second-order valence-electron chi connectivity index (χ2n) is 10.3. The van der Waals surface area contributed by atoms with Crippen LogP contribution in [-0.2, 0) is 20.9 Å². The monoisotopic (exact) mass is 579 g/mol. The lowest BCUT2D eigenvalue weighted by Crippen LogP contribution is -2.43. The molecule has 0 unspecified atom stereocenters. The van der Waals surface area contributed by atoms with Crippen molar-refractivity contribution < 1.29 is 23.5 Å². The van der Waals surface area contributed by atoms with Crippen molar-refractivity contribution in [2.45, 2.75) is 46.2 Å². The second-order valence-corrected chi connectivity index (χ2v) is 10.3. The molecule has 0 aliphatic rings. The molecule has 222 valence electrons. The number of carbonyl (C=O) groups is 3. The van der Waals surface area contributed by atoms with Gasteiger partial charge in [0.2, 0.25) is 11.8 Å². The maximum atomic E-state index is 13.9. The van der Waals surface area contributed by atoms with E-state index in [1.807, 2.05) is 62.4 Å². The summed E-state index contributed by atoms with van der Waals surface area (Å²) in [6, 6.07) is 24.4. The molecule has 1 atom stereocenters. The van der Waals surface area contributed by atoms with E-state index in [4.69, 9.17) is 9.15 Å². The van der Waals surface area contributed by atoms with Crippen molar-refractivity contribution in [2.24, 2.45) is 0 Å². The molecule has 3 aromatic carbocycles.